The van der Waals surface area contributed by atoms with Crippen LogP contribution in [0, 0.1) is 0 Å². The molecule has 2 N–H and O–H groups in total. The summed E-state index contributed by atoms with van der Waals surface area (Å²) in [5.74, 6) is -0.594. The topological polar surface area (TPSA) is 99.1 Å². The van der Waals surface area contributed by atoms with Crippen LogP contribution >= 0.6 is 23.2 Å². The Kier molecular flexibility index (Phi) is 6.24. The number of sulfonamides is 1. The predicted octanol–water partition coefficient (Wildman–Crippen LogP) is 3.00. The van der Waals surface area contributed by atoms with Crippen LogP contribution in [0.25, 0.3) is 0 Å². The Labute approximate surface area is 172 Å². The van der Waals surface area contributed by atoms with Crippen LogP contribution in [0.3, 0.4) is 0 Å². The molecule has 0 spiro atoms. The van der Waals surface area contributed by atoms with Crippen molar-refractivity contribution in [1.82, 2.24) is 9.73 Å². The van der Waals surface area contributed by atoms with Crippen LogP contribution < -0.4 is 5.43 Å². The van der Waals surface area contributed by atoms with Gasteiger partial charge in [-0.1, -0.05) is 23.2 Å². The van der Waals surface area contributed by atoms with Gasteiger partial charge in [0.15, 0.2) is 0 Å². The summed E-state index contributed by atoms with van der Waals surface area (Å²) in [7, 11) is -3.83. The number of benzene rings is 2. The minimum absolute atomic E-state index is 0.0461. The van der Waals surface area contributed by atoms with E-state index in [9.17, 15) is 18.3 Å². The zero-order valence-corrected chi connectivity index (χ0v) is 16.9. The first-order chi connectivity index (χ1) is 13.3. The second kappa shape index (κ2) is 8.48. The lowest BCUT2D eigenvalue weighted by Crippen LogP contribution is -2.44. The van der Waals surface area contributed by atoms with E-state index in [4.69, 9.17) is 23.2 Å². The Morgan fingerprint density at radius 3 is 2.57 bits per heavy atom. The van der Waals surface area contributed by atoms with E-state index in [1.165, 1.54) is 48.7 Å². The van der Waals surface area contributed by atoms with E-state index in [1.54, 1.807) is 0 Å². The Morgan fingerprint density at radius 2 is 1.86 bits per heavy atom. The van der Waals surface area contributed by atoms with Crippen LogP contribution in [-0.4, -0.2) is 42.5 Å². The number of rotatable bonds is 5. The van der Waals surface area contributed by atoms with Gasteiger partial charge in [-0.25, -0.2) is 13.8 Å². The highest BCUT2D eigenvalue weighted by molar-refractivity contribution is 7.89. The van der Waals surface area contributed by atoms with Crippen molar-refractivity contribution in [2.45, 2.75) is 23.8 Å². The van der Waals surface area contributed by atoms with E-state index in [0.29, 0.717) is 28.5 Å². The molecule has 28 heavy (non-hydrogen) atoms. The number of phenols is 1. The highest BCUT2D eigenvalue weighted by Gasteiger charge is 2.39. The summed E-state index contributed by atoms with van der Waals surface area (Å²) in [6.45, 7) is 0.238. The van der Waals surface area contributed by atoms with Gasteiger partial charge in [0.25, 0.3) is 5.91 Å². The SMILES string of the molecule is O=C(NN=Cc1cc(Cl)ccc1O)C1CCCN1S(=O)(=O)c1ccc(Cl)cc1. The lowest BCUT2D eigenvalue weighted by molar-refractivity contribution is -0.124. The van der Waals surface area contributed by atoms with Crippen molar-refractivity contribution >= 4 is 45.3 Å². The second-order valence-electron chi connectivity index (χ2n) is 6.17. The summed E-state index contributed by atoms with van der Waals surface area (Å²) in [5, 5.41) is 14.4. The summed E-state index contributed by atoms with van der Waals surface area (Å²) in [6, 6.07) is 9.33. The molecule has 1 aliphatic heterocycles. The molecule has 2 aromatic carbocycles. The zero-order chi connectivity index (χ0) is 20.3. The number of nitrogens with zero attached hydrogens (tertiary/aromatic N) is 2. The van der Waals surface area contributed by atoms with E-state index < -0.39 is 22.0 Å². The van der Waals surface area contributed by atoms with E-state index in [-0.39, 0.29) is 17.2 Å². The molecule has 0 bridgehead atoms. The molecular weight excluding hydrogens is 425 g/mol. The van der Waals surface area contributed by atoms with Gasteiger partial charge >= 0.3 is 0 Å². The summed E-state index contributed by atoms with van der Waals surface area (Å²) in [5.41, 5.74) is 2.66. The largest absolute Gasteiger partial charge is 0.507 e. The molecule has 2 aromatic rings. The van der Waals surface area contributed by atoms with Crippen LogP contribution in [0.1, 0.15) is 18.4 Å². The molecule has 1 unspecified atom stereocenters. The van der Waals surface area contributed by atoms with Crippen molar-refractivity contribution in [3.05, 3.63) is 58.1 Å². The fourth-order valence-electron chi connectivity index (χ4n) is 2.90. The molecule has 1 fully saturated rings. The maximum absolute atomic E-state index is 12.9. The molecule has 0 aromatic heterocycles. The molecule has 148 valence electrons. The van der Waals surface area contributed by atoms with Gasteiger partial charge in [0.1, 0.15) is 11.8 Å². The smallest absolute Gasteiger partial charge is 0.258 e. The Hall–Kier alpha value is -2.13. The fraction of sp³-hybridized carbons (Fsp3) is 0.222. The van der Waals surface area contributed by atoms with Gasteiger partial charge in [-0.05, 0) is 55.3 Å². The molecule has 1 saturated heterocycles. The van der Waals surface area contributed by atoms with Gasteiger partial charge in [-0.2, -0.15) is 9.41 Å². The molecule has 7 nitrogen and oxygen atoms in total. The Bertz CT molecular complexity index is 1010. The molecule has 1 heterocycles. The average Bonchev–Trinajstić information content (AvgIpc) is 3.16. The van der Waals surface area contributed by atoms with Crippen molar-refractivity contribution < 1.29 is 18.3 Å². The third-order valence-electron chi connectivity index (χ3n) is 4.29. The predicted molar refractivity (Wildman–Crippen MR) is 107 cm³/mol. The number of hydrogen-bond acceptors (Lipinski definition) is 5. The zero-order valence-electron chi connectivity index (χ0n) is 14.5. The molecular formula is C18H17Cl2N3O4S. The molecule has 10 heteroatoms. The first-order valence-corrected chi connectivity index (χ1v) is 10.6. The average molecular weight is 442 g/mol. The van der Waals surface area contributed by atoms with Crippen molar-refractivity contribution in [2.24, 2.45) is 5.10 Å². The van der Waals surface area contributed by atoms with Crippen LogP contribution in [0.2, 0.25) is 10.0 Å². The highest BCUT2D eigenvalue weighted by atomic mass is 35.5. The number of hydrazone groups is 1. The number of phenolic OH excluding ortho intramolecular Hbond substituents is 1. The number of carbonyl (C=O) groups excluding carboxylic acids is 1. The molecule has 3 rings (SSSR count). The molecule has 0 aliphatic carbocycles. The third-order valence-corrected chi connectivity index (χ3v) is 6.70. The monoisotopic (exact) mass is 441 g/mol. The van der Waals surface area contributed by atoms with Gasteiger partial charge in [0.2, 0.25) is 10.0 Å². The quantitative estimate of drug-likeness (QED) is 0.550. The normalized spacial score (nSPS) is 17.9. The fourth-order valence-corrected chi connectivity index (χ4v) is 4.86. The van der Waals surface area contributed by atoms with E-state index >= 15 is 0 Å². The van der Waals surface area contributed by atoms with E-state index in [1.807, 2.05) is 0 Å². The number of carbonyl (C=O) groups is 1. The van der Waals surface area contributed by atoms with Crippen LogP contribution in [0.5, 0.6) is 5.75 Å². The number of halogens is 2. The summed E-state index contributed by atoms with van der Waals surface area (Å²) in [4.78, 5) is 12.6. The van der Waals surface area contributed by atoms with Crippen LogP contribution in [0.4, 0.5) is 0 Å². The maximum Gasteiger partial charge on any atom is 0.258 e. The van der Waals surface area contributed by atoms with Gasteiger partial charge < -0.3 is 5.11 Å². The summed E-state index contributed by atoms with van der Waals surface area (Å²) < 4.78 is 26.9. The number of amides is 1. The number of nitrogens with one attached hydrogen (secondary N) is 1. The summed E-state index contributed by atoms with van der Waals surface area (Å²) >= 11 is 11.7. The molecule has 0 radical (unpaired) electrons. The van der Waals surface area contributed by atoms with Gasteiger partial charge in [0.05, 0.1) is 11.1 Å². The summed E-state index contributed by atoms with van der Waals surface area (Å²) in [6.07, 6.45) is 2.19. The van der Waals surface area contributed by atoms with Crippen LogP contribution in [0.15, 0.2) is 52.5 Å². The van der Waals surface area contributed by atoms with Crippen molar-refractivity contribution in [3.8, 4) is 5.75 Å². The Balaban J connectivity index is 1.73. The third kappa shape index (κ3) is 4.47. The molecule has 0 saturated carbocycles. The van der Waals surface area contributed by atoms with E-state index in [2.05, 4.69) is 10.5 Å². The molecule has 1 aliphatic rings. The minimum atomic E-state index is -3.83. The van der Waals surface area contributed by atoms with Crippen LogP contribution in [-0.2, 0) is 14.8 Å². The maximum atomic E-state index is 12.9. The highest BCUT2D eigenvalue weighted by Crippen LogP contribution is 2.27. The van der Waals surface area contributed by atoms with E-state index in [0.717, 1.165) is 4.31 Å². The van der Waals surface area contributed by atoms with Gasteiger partial charge in [0, 0.05) is 22.2 Å². The van der Waals surface area contributed by atoms with Gasteiger partial charge in [-0.15, -0.1) is 0 Å². The van der Waals surface area contributed by atoms with Crippen molar-refractivity contribution in [2.75, 3.05) is 6.54 Å². The second-order valence-corrected chi connectivity index (χ2v) is 8.93. The number of hydrogen-bond donors (Lipinski definition) is 2. The lowest BCUT2D eigenvalue weighted by Gasteiger charge is -2.22. The van der Waals surface area contributed by atoms with Crippen molar-refractivity contribution in [1.29, 1.82) is 0 Å². The molecule has 1 atom stereocenters. The number of aromatic hydroxyl groups is 1. The first kappa shape index (κ1) is 20.6. The molecule has 1 amide bonds. The lowest BCUT2D eigenvalue weighted by atomic mass is 10.2. The first-order valence-electron chi connectivity index (χ1n) is 8.38. The standard InChI is InChI=1S/C18H17Cl2N3O4S/c19-13-3-6-15(7-4-13)28(26,27)23-9-1-2-16(23)18(25)22-21-11-12-10-14(20)5-8-17(12)24/h3-8,10-11,16,24H,1-2,9H2,(H,22,25). The van der Waals surface area contributed by atoms with Gasteiger partial charge in [-0.3, -0.25) is 4.79 Å². The van der Waals surface area contributed by atoms with Crippen molar-refractivity contribution in [3.63, 3.8) is 0 Å². The Morgan fingerprint density at radius 1 is 1.18 bits per heavy atom. The minimum Gasteiger partial charge on any atom is -0.507 e.